The van der Waals surface area contributed by atoms with Gasteiger partial charge in [-0.15, -0.1) is 0 Å². The van der Waals surface area contributed by atoms with E-state index in [-0.39, 0.29) is 16.9 Å². The molecule has 28 heavy (non-hydrogen) atoms. The summed E-state index contributed by atoms with van der Waals surface area (Å²) in [6.07, 6.45) is -0.00401. The van der Waals surface area contributed by atoms with Crippen LogP contribution in [0.4, 0.5) is 5.69 Å². The lowest BCUT2D eigenvalue weighted by molar-refractivity contribution is -0.0124. The number of hydrogen-bond donors (Lipinski definition) is 1. The highest BCUT2D eigenvalue weighted by Gasteiger charge is 2.23. The average molecular weight is 404 g/mol. The lowest BCUT2D eigenvalue weighted by Gasteiger charge is -2.31. The number of morpholine rings is 1. The first-order valence-electron chi connectivity index (χ1n) is 9.15. The SMILES string of the molecule is CCOc1ccc(NS(=O)(=O)c2ccc(C(=O)N3CCOC(C)C3)cc2)cc1. The number of carbonyl (C=O) groups is 1. The summed E-state index contributed by atoms with van der Waals surface area (Å²) in [5.74, 6) is 0.546. The molecule has 1 aliphatic heterocycles. The molecular formula is C20H24N2O5S. The molecule has 1 atom stereocenters. The van der Waals surface area contributed by atoms with E-state index in [4.69, 9.17) is 9.47 Å². The Balaban J connectivity index is 1.70. The van der Waals surface area contributed by atoms with E-state index in [0.717, 1.165) is 0 Å². The molecule has 2 aromatic carbocycles. The predicted octanol–water partition coefficient (Wildman–Crippen LogP) is 2.75. The van der Waals surface area contributed by atoms with Gasteiger partial charge in [-0.25, -0.2) is 8.42 Å². The summed E-state index contributed by atoms with van der Waals surface area (Å²) in [5.41, 5.74) is 0.889. The number of benzene rings is 2. The first kappa shape index (κ1) is 20.2. The Morgan fingerprint density at radius 3 is 2.46 bits per heavy atom. The van der Waals surface area contributed by atoms with Gasteiger partial charge in [0.15, 0.2) is 0 Å². The van der Waals surface area contributed by atoms with E-state index in [1.54, 1.807) is 29.2 Å². The molecule has 1 fully saturated rings. The molecule has 1 heterocycles. The largest absolute Gasteiger partial charge is 0.494 e. The number of ether oxygens (including phenoxy) is 2. The molecule has 0 aromatic heterocycles. The topological polar surface area (TPSA) is 84.9 Å². The molecule has 1 aliphatic rings. The minimum Gasteiger partial charge on any atom is -0.494 e. The fourth-order valence-electron chi connectivity index (χ4n) is 2.96. The van der Waals surface area contributed by atoms with Crippen molar-refractivity contribution in [2.45, 2.75) is 24.8 Å². The van der Waals surface area contributed by atoms with Gasteiger partial charge in [-0.1, -0.05) is 0 Å². The maximum atomic E-state index is 12.6. The van der Waals surface area contributed by atoms with Crippen molar-refractivity contribution in [1.82, 2.24) is 4.90 Å². The minimum atomic E-state index is -3.75. The summed E-state index contributed by atoms with van der Waals surface area (Å²) < 4.78 is 38.5. The van der Waals surface area contributed by atoms with Gasteiger partial charge in [-0.3, -0.25) is 9.52 Å². The molecule has 2 aromatic rings. The van der Waals surface area contributed by atoms with Crippen molar-refractivity contribution < 1.29 is 22.7 Å². The van der Waals surface area contributed by atoms with Gasteiger partial charge < -0.3 is 14.4 Å². The Bertz CT molecular complexity index is 911. The third kappa shape index (κ3) is 4.82. The highest BCUT2D eigenvalue weighted by Crippen LogP contribution is 2.20. The molecule has 1 N–H and O–H groups in total. The van der Waals surface area contributed by atoms with Crippen molar-refractivity contribution in [2.75, 3.05) is 31.0 Å². The molecule has 0 saturated carbocycles. The Labute approximate surface area is 165 Å². The number of hydrogen-bond acceptors (Lipinski definition) is 5. The van der Waals surface area contributed by atoms with Gasteiger partial charge in [0, 0.05) is 24.3 Å². The van der Waals surface area contributed by atoms with Crippen LogP contribution in [0.1, 0.15) is 24.2 Å². The highest BCUT2D eigenvalue weighted by atomic mass is 32.2. The quantitative estimate of drug-likeness (QED) is 0.800. The summed E-state index contributed by atoms with van der Waals surface area (Å²) in [7, 11) is -3.75. The van der Waals surface area contributed by atoms with Crippen molar-refractivity contribution in [2.24, 2.45) is 0 Å². The monoisotopic (exact) mass is 404 g/mol. The van der Waals surface area contributed by atoms with Gasteiger partial charge in [-0.05, 0) is 62.4 Å². The van der Waals surface area contributed by atoms with Crippen molar-refractivity contribution in [3.05, 3.63) is 54.1 Å². The van der Waals surface area contributed by atoms with Crippen molar-refractivity contribution in [3.63, 3.8) is 0 Å². The van der Waals surface area contributed by atoms with E-state index in [2.05, 4.69) is 4.72 Å². The smallest absolute Gasteiger partial charge is 0.261 e. The Morgan fingerprint density at radius 2 is 1.86 bits per heavy atom. The van der Waals surface area contributed by atoms with Gasteiger partial charge >= 0.3 is 0 Å². The second-order valence-electron chi connectivity index (χ2n) is 6.52. The highest BCUT2D eigenvalue weighted by molar-refractivity contribution is 7.92. The molecule has 0 spiro atoms. The average Bonchev–Trinajstić information content (AvgIpc) is 2.69. The molecule has 0 aliphatic carbocycles. The number of anilines is 1. The van der Waals surface area contributed by atoms with Gasteiger partial charge in [0.1, 0.15) is 5.75 Å². The zero-order chi connectivity index (χ0) is 20.1. The standard InChI is InChI=1S/C20H24N2O5S/c1-3-26-18-8-6-17(7-9-18)21-28(24,25)19-10-4-16(5-11-19)20(23)22-12-13-27-15(2)14-22/h4-11,15,21H,3,12-14H2,1-2H3. The van der Waals surface area contributed by atoms with Crippen LogP contribution in [0.3, 0.4) is 0 Å². The van der Waals surface area contributed by atoms with Crippen LogP contribution in [0, 0.1) is 0 Å². The number of nitrogens with one attached hydrogen (secondary N) is 1. The first-order chi connectivity index (χ1) is 13.4. The number of nitrogens with zero attached hydrogens (tertiary/aromatic N) is 1. The van der Waals surface area contributed by atoms with E-state index >= 15 is 0 Å². The molecular weight excluding hydrogens is 380 g/mol. The summed E-state index contributed by atoms with van der Waals surface area (Å²) in [6, 6.07) is 12.6. The van der Waals surface area contributed by atoms with Crippen LogP contribution in [0.5, 0.6) is 5.75 Å². The van der Waals surface area contributed by atoms with E-state index in [0.29, 0.717) is 43.3 Å². The Kier molecular flexibility index (Phi) is 6.21. The Morgan fingerprint density at radius 1 is 1.18 bits per heavy atom. The van der Waals surface area contributed by atoms with Crippen LogP contribution >= 0.6 is 0 Å². The summed E-state index contributed by atoms with van der Waals surface area (Å²) in [6.45, 7) is 5.90. The lowest BCUT2D eigenvalue weighted by Crippen LogP contribution is -2.44. The molecule has 1 amide bonds. The molecule has 150 valence electrons. The van der Waals surface area contributed by atoms with Crippen molar-refractivity contribution in [3.8, 4) is 5.75 Å². The van der Waals surface area contributed by atoms with Crippen LogP contribution in [0.25, 0.3) is 0 Å². The maximum absolute atomic E-state index is 12.6. The van der Waals surface area contributed by atoms with Crippen molar-refractivity contribution >= 4 is 21.6 Å². The minimum absolute atomic E-state index is 0.00401. The van der Waals surface area contributed by atoms with Crippen molar-refractivity contribution in [1.29, 1.82) is 0 Å². The number of amides is 1. The van der Waals surface area contributed by atoms with Crippen LogP contribution in [-0.2, 0) is 14.8 Å². The van der Waals surface area contributed by atoms with Gasteiger partial charge in [-0.2, -0.15) is 0 Å². The lowest BCUT2D eigenvalue weighted by atomic mass is 10.2. The molecule has 3 rings (SSSR count). The molecule has 1 unspecified atom stereocenters. The summed E-state index contributed by atoms with van der Waals surface area (Å²) in [5, 5.41) is 0. The maximum Gasteiger partial charge on any atom is 0.261 e. The zero-order valence-corrected chi connectivity index (χ0v) is 16.7. The molecule has 7 nitrogen and oxygen atoms in total. The third-order valence-electron chi connectivity index (χ3n) is 4.36. The van der Waals surface area contributed by atoms with E-state index in [1.807, 2.05) is 13.8 Å². The molecule has 1 saturated heterocycles. The summed E-state index contributed by atoms with van der Waals surface area (Å²) in [4.78, 5) is 14.4. The van der Waals surface area contributed by atoms with Gasteiger partial charge in [0.2, 0.25) is 0 Å². The zero-order valence-electron chi connectivity index (χ0n) is 15.9. The van der Waals surface area contributed by atoms with E-state index in [9.17, 15) is 13.2 Å². The third-order valence-corrected chi connectivity index (χ3v) is 5.75. The molecule has 0 radical (unpaired) electrons. The van der Waals surface area contributed by atoms with E-state index < -0.39 is 10.0 Å². The number of sulfonamides is 1. The first-order valence-corrected chi connectivity index (χ1v) is 10.6. The van der Waals surface area contributed by atoms with Gasteiger partial charge in [0.25, 0.3) is 15.9 Å². The molecule has 0 bridgehead atoms. The number of carbonyl (C=O) groups excluding carboxylic acids is 1. The fraction of sp³-hybridized carbons (Fsp3) is 0.350. The predicted molar refractivity (Wildman–Crippen MR) is 106 cm³/mol. The van der Waals surface area contributed by atoms with Crippen LogP contribution in [-0.4, -0.2) is 51.6 Å². The normalized spacial score (nSPS) is 17.2. The second-order valence-corrected chi connectivity index (χ2v) is 8.20. The van der Waals surface area contributed by atoms with Gasteiger partial charge in [0.05, 0.1) is 24.2 Å². The fourth-order valence-corrected chi connectivity index (χ4v) is 4.02. The second kappa shape index (κ2) is 8.62. The summed E-state index contributed by atoms with van der Waals surface area (Å²) >= 11 is 0. The molecule has 8 heteroatoms. The Hall–Kier alpha value is -2.58. The van der Waals surface area contributed by atoms with Crippen LogP contribution in [0.2, 0.25) is 0 Å². The van der Waals surface area contributed by atoms with E-state index in [1.165, 1.54) is 24.3 Å². The number of rotatable bonds is 6. The van der Waals surface area contributed by atoms with Crippen LogP contribution in [0.15, 0.2) is 53.4 Å². The van der Waals surface area contributed by atoms with Crippen LogP contribution < -0.4 is 9.46 Å².